The van der Waals surface area contributed by atoms with Gasteiger partial charge in [0.15, 0.2) is 6.10 Å². The van der Waals surface area contributed by atoms with Crippen LogP contribution in [0.2, 0.25) is 0 Å². The van der Waals surface area contributed by atoms with Gasteiger partial charge in [0.05, 0.1) is 10.3 Å². The van der Waals surface area contributed by atoms with Gasteiger partial charge in [0.2, 0.25) is 5.82 Å². The van der Waals surface area contributed by atoms with E-state index in [1.807, 2.05) is 0 Å². The van der Waals surface area contributed by atoms with Crippen molar-refractivity contribution < 1.29 is 28.0 Å². The summed E-state index contributed by atoms with van der Waals surface area (Å²) in [5.41, 5.74) is -1.72. The number of nitrogens with zero attached hydrogens (tertiary/aromatic N) is 1. The summed E-state index contributed by atoms with van der Waals surface area (Å²) in [5, 5.41) is 13.2. The number of anilines is 1. The van der Waals surface area contributed by atoms with Crippen LogP contribution in [0.1, 0.15) is 38.2 Å². The van der Waals surface area contributed by atoms with Crippen LogP contribution in [0.25, 0.3) is 0 Å². The maximum Gasteiger partial charge on any atom is 0.317 e. The van der Waals surface area contributed by atoms with E-state index in [4.69, 9.17) is 4.74 Å². The standard InChI is InChI=1S/C21H20F2N2O5/c1-13(19(26)24-14-8-9-17(23)18(12-14)25(28)29)30-20(27)21(10-4-5-11-21)15-6-2-3-7-16(15)22/h2-3,6-9,12-13H,4-5,10-11H2,1H3,(H,24,26)/t13-/m1/s1. The van der Waals surface area contributed by atoms with Gasteiger partial charge in [-0.1, -0.05) is 31.0 Å². The van der Waals surface area contributed by atoms with Crippen molar-refractivity contribution in [3.8, 4) is 0 Å². The van der Waals surface area contributed by atoms with Crippen LogP contribution >= 0.6 is 0 Å². The third-order valence-electron chi connectivity index (χ3n) is 5.30. The van der Waals surface area contributed by atoms with Crippen LogP contribution in [-0.4, -0.2) is 22.9 Å². The summed E-state index contributed by atoms with van der Waals surface area (Å²) < 4.78 is 33.2. The Morgan fingerprint density at radius 3 is 2.43 bits per heavy atom. The highest BCUT2D eigenvalue weighted by Gasteiger charge is 2.46. The molecule has 3 rings (SSSR count). The Hall–Kier alpha value is -3.36. The Morgan fingerprint density at radius 2 is 1.80 bits per heavy atom. The summed E-state index contributed by atoms with van der Waals surface area (Å²) in [4.78, 5) is 35.3. The van der Waals surface area contributed by atoms with Gasteiger partial charge in [-0.05, 0) is 38.0 Å². The van der Waals surface area contributed by atoms with Crippen molar-refractivity contribution in [3.05, 3.63) is 69.8 Å². The highest BCUT2D eigenvalue weighted by atomic mass is 19.1. The lowest BCUT2D eigenvalue weighted by Gasteiger charge is -2.29. The van der Waals surface area contributed by atoms with Crippen LogP contribution in [-0.2, 0) is 19.7 Å². The zero-order valence-electron chi connectivity index (χ0n) is 16.2. The summed E-state index contributed by atoms with van der Waals surface area (Å²) in [6.45, 7) is 1.34. The van der Waals surface area contributed by atoms with E-state index < -0.39 is 45.6 Å². The van der Waals surface area contributed by atoms with Crippen molar-refractivity contribution in [1.29, 1.82) is 0 Å². The normalized spacial score (nSPS) is 16.0. The molecule has 1 amide bonds. The Bertz CT molecular complexity index is 989. The smallest absolute Gasteiger partial charge is 0.317 e. The van der Waals surface area contributed by atoms with Crippen molar-refractivity contribution in [2.24, 2.45) is 0 Å². The second-order valence-electron chi connectivity index (χ2n) is 7.23. The highest BCUT2D eigenvalue weighted by molar-refractivity contribution is 5.96. The Kier molecular flexibility index (Phi) is 6.09. The molecule has 2 aromatic carbocycles. The van der Waals surface area contributed by atoms with Crippen LogP contribution < -0.4 is 5.32 Å². The maximum absolute atomic E-state index is 14.4. The molecule has 0 spiro atoms. The minimum absolute atomic E-state index is 0.0133. The van der Waals surface area contributed by atoms with E-state index >= 15 is 0 Å². The summed E-state index contributed by atoms with van der Waals surface area (Å²) >= 11 is 0. The Balaban J connectivity index is 1.74. The second-order valence-corrected chi connectivity index (χ2v) is 7.23. The topological polar surface area (TPSA) is 98.5 Å². The van der Waals surface area contributed by atoms with E-state index in [0.29, 0.717) is 12.8 Å². The number of ether oxygens (including phenoxy) is 1. The molecule has 0 unspecified atom stereocenters. The fourth-order valence-corrected chi connectivity index (χ4v) is 3.71. The van der Waals surface area contributed by atoms with Crippen molar-refractivity contribution in [3.63, 3.8) is 0 Å². The molecule has 0 aliphatic heterocycles. The molecular weight excluding hydrogens is 398 g/mol. The lowest BCUT2D eigenvalue weighted by molar-refractivity contribution is -0.387. The molecule has 1 aliphatic carbocycles. The molecule has 30 heavy (non-hydrogen) atoms. The number of esters is 1. The van der Waals surface area contributed by atoms with E-state index in [2.05, 4.69) is 5.32 Å². The fraction of sp³-hybridized carbons (Fsp3) is 0.333. The highest BCUT2D eigenvalue weighted by Crippen LogP contribution is 2.43. The fourth-order valence-electron chi connectivity index (χ4n) is 3.71. The number of nitro groups is 1. The maximum atomic E-state index is 14.4. The van der Waals surface area contributed by atoms with Crippen molar-refractivity contribution in [1.82, 2.24) is 0 Å². The molecule has 0 aromatic heterocycles. The lowest BCUT2D eigenvalue weighted by Crippen LogP contribution is -2.40. The molecule has 2 aromatic rings. The average molecular weight is 418 g/mol. The summed E-state index contributed by atoms with van der Waals surface area (Å²) in [5.74, 6) is -2.98. The molecule has 0 saturated heterocycles. The van der Waals surface area contributed by atoms with Crippen molar-refractivity contribution in [2.75, 3.05) is 5.32 Å². The average Bonchev–Trinajstić information content (AvgIpc) is 3.20. The van der Waals surface area contributed by atoms with Gasteiger partial charge in [0.1, 0.15) is 5.82 Å². The number of carbonyl (C=O) groups is 2. The van der Waals surface area contributed by atoms with Gasteiger partial charge in [0, 0.05) is 17.3 Å². The second kappa shape index (κ2) is 8.56. The number of amides is 1. The molecule has 1 aliphatic rings. The van der Waals surface area contributed by atoms with Gasteiger partial charge < -0.3 is 10.1 Å². The van der Waals surface area contributed by atoms with Gasteiger partial charge in [-0.2, -0.15) is 4.39 Å². The van der Waals surface area contributed by atoms with Gasteiger partial charge in [-0.25, -0.2) is 4.39 Å². The van der Waals surface area contributed by atoms with Crippen LogP contribution in [0.3, 0.4) is 0 Å². The largest absolute Gasteiger partial charge is 0.452 e. The zero-order valence-corrected chi connectivity index (χ0v) is 16.2. The number of halogens is 2. The Morgan fingerprint density at radius 1 is 1.13 bits per heavy atom. The molecule has 1 atom stereocenters. The minimum Gasteiger partial charge on any atom is -0.452 e. The number of hydrogen-bond acceptors (Lipinski definition) is 5. The summed E-state index contributed by atoms with van der Waals surface area (Å²) in [6.07, 6.45) is 1.02. The first-order valence-electron chi connectivity index (χ1n) is 9.45. The molecule has 1 saturated carbocycles. The van der Waals surface area contributed by atoms with E-state index in [1.165, 1.54) is 19.1 Å². The van der Waals surface area contributed by atoms with Gasteiger partial charge >= 0.3 is 11.7 Å². The van der Waals surface area contributed by atoms with Crippen LogP contribution in [0.15, 0.2) is 42.5 Å². The van der Waals surface area contributed by atoms with E-state index in [0.717, 1.165) is 31.0 Å². The van der Waals surface area contributed by atoms with Crippen LogP contribution in [0.4, 0.5) is 20.2 Å². The van der Waals surface area contributed by atoms with E-state index in [9.17, 15) is 28.5 Å². The monoisotopic (exact) mass is 418 g/mol. The molecule has 1 fully saturated rings. The predicted octanol–water partition coefficient (Wildman–Crippen LogP) is 4.26. The van der Waals surface area contributed by atoms with Crippen molar-refractivity contribution in [2.45, 2.75) is 44.1 Å². The van der Waals surface area contributed by atoms with E-state index in [-0.39, 0.29) is 11.3 Å². The summed E-state index contributed by atoms with van der Waals surface area (Å²) in [6, 6.07) is 8.89. The first kappa shape index (κ1) is 21.4. The minimum atomic E-state index is -1.24. The molecule has 0 radical (unpaired) electrons. The SMILES string of the molecule is C[C@@H](OC(=O)C1(c2ccccc2F)CCCC1)C(=O)Nc1ccc(F)c([N+](=O)[O-])c1. The number of nitro benzene ring substituents is 1. The molecule has 0 bridgehead atoms. The molecule has 158 valence electrons. The predicted molar refractivity (Wildman–Crippen MR) is 104 cm³/mol. The molecule has 7 nitrogen and oxygen atoms in total. The van der Waals surface area contributed by atoms with Crippen LogP contribution in [0.5, 0.6) is 0 Å². The zero-order chi connectivity index (χ0) is 21.9. The van der Waals surface area contributed by atoms with Gasteiger partial charge in [0.25, 0.3) is 5.91 Å². The molecule has 9 heteroatoms. The number of hydrogen-bond donors (Lipinski definition) is 1. The van der Waals surface area contributed by atoms with Gasteiger partial charge in [-0.3, -0.25) is 19.7 Å². The first-order valence-corrected chi connectivity index (χ1v) is 9.45. The molecule has 1 N–H and O–H groups in total. The quantitative estimate of drug-likeness (QED) is 0.429. The number of rotatable bonds is 6. The third kappa shape index (κ3) is 4.14. The lowest BCUT2D eigenvalue weighted by atomic mass is 9.78. The Labute approximate surface area is 171 Å². The van der Waals surface area contributed by atoms with Crippen molar-refractivity contribution >= 4 is 23.3 Å². The van der Waals surface area contributed by atoms with Crippen LogP contribution in [0, 0.1) is 21.7 Å². The number of nitrogens with one attached hydrogen (secondary N) is 1. The molecule has 0 heterocycles. The molecular formula is C21H20F2N2O5. The van der Waals surface area contributed by atoms with E-state index in [1.54, 1.807) is 12.1 Å². The third-order valence-corrected chi connectivity index (χ3v) is 5.30. The number of carbonyl (C=O) groups excluding carboxylic acids is 2. The van der Waals surface area contributed by atoms with Gasteiger partial charge in [-0.15, -0.1) is 0 Å². The first-order chi connectivity index (χ1) is 14.2. The summed E-state index contributed by atoms with van der Waals surface area (Å²) in [7, 11) is 0. The number of benzene rings is 2.